The van der Waals surface area contributed by atoms with Crippen molar-refractivity contribution in [3.8, 4) is 5.75 Å². The molecule has 0 unspecified atom stereocenters. The molecular formula is C12H19NO3. The number of carboxylic acids is 1. The molecule has 0 fully saturated rings. The maximum atomic E-state index is 9.70. The molecule has 1 rings (SSSR count). The Balaban J connectivity index is 0.000000325. The van der Waals surface area contributed by atoms with Crippen LogP contribution in [0.4, 0.5) is 0 Å². The van der Waals surface area contributed by atoms with Crippen molar-refractivity contribution in [2.45, 2.75) is 20.3 Å². The summed E-state index contributed by atoms with van der Waals surface area (Å²) in [5.41, 5.74) is 6.50. The van der Waals surface area contributed by atoms with Gasteiger partial charge in [0.1, 0.15) is 5.75 Å². The van der Waals surface area contributed by atoms with E-state index in [0.29, 0.717) is 12.3 Å². The number of carbonyl (C=O) groups is 1. The summed E-state index contributed by atoms with van der Waals surface area (Å²) in [5, 5.41) is 16.9. The van der Waals surface area contributed by atoms with Gasteiger partial charge >= 0.3 is 5.97 Å². The third-order valence-electron chi connectivity index (χ3n) is 1.86. The quantitative estimate of drug-likeness (QED) is 0.730. The Labute approximate surface area is 95.7 Å². The smallest absolute Gasteiger partial charge is 0.305 e. The van der Waals surface area contributed by atoms with E-state index < -0.39 is 5.97 Å². The highest BCUT2D eigenvalue weighted by atomic mass is 16.4. The van der Waals surface area contributed by atoms with E-state index in [2.05, 4.69) is 0 Å². The van der Waals surface area contributed by atoms with Gasteiger partial charge in [0.25, 0.3) is 0 Å². The van der Waals surface area contributed by atoms with Crippen molar-refractivity contribution >= 4 is 5.97 Å². The predicted octanol–water partition coefficient (Wildman–Crippen LogP) is 1.62. The zero-order valence-electron chi connectivity index (χ0n) is 9.68. The average molecular weight is 225 g/mol. The van der Waals surface area contributed by atoms with E-state index >= 15 is 0 Å². The Morgan fingerprint density at radius 1 is 1.31 bits per heavy atom. The van der Waals surface area contributed by atoms with Gasteiger partial charge in [-0.25, -0.2) is 0 Å². The van der Waals surface area contributed by atoms with E-state index in [1.165, 1.54) is 5.56 Å². The molecule has 0 aliphatic rings. The Morgan fingerprint density at radius 3 is 2.06 bits per heavy atom. The van der Waals surface area contributed by atoms with E-state index in [-0.39, 0.29) is 5.92 Å². The van der Waals surface area contributed by atoms with Crippen LogP contribution in [-0.4, -0.2) is 22.7 Å². The van der Waals surface area contributed by atoms with Crippen LogP contribution in [0.2, 0.25) is 0 Å². The summed E-state index contributed by atoms with van der Waals surface area (Å²) in [5.74, 6) is -0.666. The molecule has 4 N–H and O–H groups in total. The van der Waals surface area contributed by atoms with E-state index in [1.54, 1.807) is 26.0 Å². The van der Waals surface area contributed by atoms with E-state index in [0.717, 1.165) is 6.42 Å². The Morgan fingerprint density at radius 2 is 1.75 bits per heavy atom. The van der Waals surface area contributed by atoms with Crippen molar-refractivity contribution in [2.24, 2.45) is 11.7 Å². The van der Waals surface area contributed by atoms with Crippen molar-refractivity contribution in [1.82, 2.24) is 0 Å². The zero-order chi connectivity index (χ0) is 12.6. The molecule has 0 saturated carbocycles. The van der Waals surface area contributed by atoms with Gasteiger partial charge < -0.3 is 15.9 Å². The molecule has 0 bridgehead atoms. The van der Waals surface area contributed by atoms with Gasteiger partial charge in [-0.2, -0.15) is 0 Å². The number of rotatable bonds is 3. The topological polar surface area (TPSA) is 83.5 Å². The fourth-order valence-corrected chi connectivity index (χ4v) is 0.829. The van der Waals surface area contributed by atoms with E-state index in [9.17, 15) is 4.79 Å². The molecule has 16 heavy (non-hydrogen) atoms. The Bertz CT molecular complexity index is 307. The summed E-state index contributed by atoms with van der Waals surface area (Å²) in [4.78, 5) is 9.70. The van der Waals surface area contributed by atoms with Crippen LogP contribution in [0.15, 0.2) is 24.3 Å². The largest absolute Gasteiger partial charge is 0.508 e. The van der Waals surface area contributed by atoms with Crippen molar-refractivity contribution in [3.63, 3.8) is 0 Å². The third kappa shape index (κ3) is 6.84. The standard InChI is InChI=1S/C8H11NO.C4H8O2/c9-6-5-7-1-3-8(10)4-2-7;1-3(2)4(5)6/h1-4,10H,5-6,9H2;3H,1-2H3,(H,5,6). The lowest BCUT2D eigenvalue weighted by Gasteiger charge is -1.96. The lowest BCUT2D eigenvalue weighted by Crippen LogP contribution is -2.03. The number of carboxylic acid groups (broad SMARTS) is 1. The molecule has 0 aliphatic carbocycles. The van der Waals surface area contributed by atoms with Gasteiger partial charge in [0, 0.05) is 0 Å². The molecule has 0 aromatic heterocycles. The lowest BCUT2D eigenvalue weighted by molar-refractivity contribution is -0.140. The van der Waals surface area contributed by atoms with Gasteiger partial charge in [0.05, 0.1) is 5.92 Å². The minimum absolute atomic E-state index is 0.231. The van der Waals surface area contributed by atoms with Gasteiger partial charge in [-0.1, -0.05) is 26.0 Å². The number of hydrogen-bond donors (Lipinski definition) is 3. The van der Waals surface area contributed by atoms with Crippen molar-refractivity contribution < 1.29 is 15.0 Å². The maximum absolute atomic E-state index is 9.70. The molecule has 4 nitrogen and oxygen atoms in total. The van der Waals surface area contributed by atoms with Crippen LogP contribution in [0.1, 0.15) is 19.4 Å². The first-order valence-corrected chi connectivity index (χ1v) is 5.18. The molecule has 0 saturated heterocycles. The first-order chi connectivity index (χ1) is 7.47. The summed E-state index contributed by atoms with van der Waals surface area (Å²) >= 11 is 0. The lowest BCUT2D eigenvalue weighted by atomic mass is 10.1. The fourth-order valence-electron chi connectivity index (χ4n) is 0.829. The van der Waals surface area contributed by atoms with Crippen LogP contribution >= 0.6 is 0 Å². The summed E-state index contributed by atoms with van der Waals surface area (Å²) in [6.07, 6.45) is 0.875. The normalized spacial score (nSPS) is 9.50. The molecular weight excluding hydrogens is 206 g/mol. The molecule has 90 valence electrons. The van der Waals surface area contributed by atoms with Crippen LogP contribution in [0.3, 0.4) is 0 Å². The number of nitrogens with two attached hydrogens (primary N) is 1. The third-order valence-corrected chi connectivity index (χ3v) is 1.86. The second-order valence-electron chi connectivity index (χ2n) is 3.70. The molecule has 0 heterocycles. The summed E-state index contributed by atoms with van der Waals surface area (Å²) in [7, 11) is 0. The van der Waals surface area contributed by atoms with Gasteiger partial charge in [0.15, 0.2) is 0 Å². The van der Waals surface area contributed by atoms with Gasteiger partial charge in [-0.15, -0.1) is 0 Å². The predicted molar refractivity (Wildman–Crippen MR) is 63.3 cm³/mol. The fraction of sp³-hybridized carbons (Fsp3) is 0.417. The molecule has 1 aromatic carbocycles. The molecule has 0 aliphatic heterocycles. The maximum Gasteiger partial charge on any atom is 0.305 e. The number of aromatic hydroxyl groups is 1. The second-order valence-corrected chi connectivity index (χ2v) is 3.70. The van der Waals surface area contributed by atoms with Crippen LogP contribution in [0.5, 0.6) is 5.75 Å². The van der Waals surface area contributed by atoms with Gasteiger partial charge in [0.2, 0.25) is 0 Å². The summed E-state index contributed by atoms with van der Waals surface area (Å²) in [6.45, 7) is 3.94. The minimum Gasteiger partial charge on any atom is -0.508 e. The monoisotopic (exact) mass is 225 g/mol. The molecule has 4 heteroatoms. The van der Waals surface area contributed by atoms with Gasteiger partial charge in [-0.05, 0) is 30.7 Å². The molecule has 0 spiro atoms. The van der Waals surface area contributed by atoms with Crippen LogP contribution in [0.25, 0.3) is 0 Å². The van der Waals surface area contributed by atoms with Crippen LogP contribution < -0.4 is 5.73 Å². The van der Waals surface area contributed by atoms with E-state index in [1.807, 2.05) is 12.1 Å². The average Bonchev–Trinajstić information content (AvgIpc) is 2.22. The van der Waals surface area contributed by atoms with Crippen LogP contribution in [-0.2, 0) is 11.2 Å². The minimum atomic E-state index is -0.741. The molecule has 0 atom stereocenters. The van der Waals surface area contributed by atoms with Crippen LogP contribution in [0, 0.1) is 5.92 Å². The highest BCUT2D eigenvalue weighted by Gasteiger charge is 1.99. The van der Waals surface area contributed by atoms with Crippen molar-refractivity contribution in [1.29, 1.82) is 0 Å². The summed E-state index contributed by atoms with van der Waals surface area (Å²) in [6, 6.07) is 7.10. The number of phenolic OH excluding ortho intramolecular Hbond substituents is 1. The van der Waals surface area contributed by atoms with Crippen molar-refractivity contribution in [2.75, 3.05) is 6.54 Å². The number of benzene rings is 1. The highest BCUT2D eigenvalue weighted by molar-refractivity contribution is 5.68. The van der Waals surface area contributed by atoms with Crippen molar-refractivity contribution in [3.05, 3.63) is 29.8 Å². The van der Waals surface area contributed by atoms with E-state index in [4.69, 9.17) is 15.9 Å². The number of aliphatic carboxylic acids is 1. The number of hydrogen-bond acceptors (Lipinski definition) is 3. The molecule has 1 aromatic rings. The molecule has 0 amide bonds. The Kier molecular flexibility index (Phi) is 6.96. The SMILES string of the molecule is CC(C)C(=O)O.NCCc1ccc(O)cc1. The highest BCUT2D eigenvalue weighted by Crippen LogP contribution is 2.09. The zero-order valence-corrected chi connectivity index (χ0v) is 9.68. The first kappa shape index (κ1) is 14.5. The Hall–Kier alpha value is -1.55. The molecule has 0 radical (unpaired) electrons. The first-order valence-electron chi connectivity index (χ1n) is 5.18. The van der Waals surface area contributed by atoms with Gasteiger partial charge in [-0.3, -0.25) is 4.79 Å². The second kappa shape index (κ2) is 7.70. The summed E-state index contributed by atoms with van der Waals surface area (Å²) < 4.78 is 0. The number of phenols is 1.